The fraction of sp³-hybridized carbons (Fsp3) is 0.368. The summed E-state index contributed by atoms with van der Waals surface area (Å²) in [6.07, 6.45) is 0. The second-order valence-corrected chi connectivity index (χ2v) is 6.78. The Morgan fingerprint density at radius 1 is 0.800 bits per heavy atom. The van der Waals surface area contributed by atoms with Gasteiger partial charge in [-0.3, -0.25) is 0 Å². The molecule has 2 aliphatic heterocycles. The molecule has 0 spiro atoms. The summed E-state index contributed by atoms with van der Waals surface area (Å²) in [5.41, 5.74) is 1.84. The van der Waals surface area contributed by atoms with Crippen molar-refractivity contribution in [2.24, 2.45) is 0 Å². The third kappa shape index (κ3) is 3.75. The van der Waals surface area contributed by atoms with E-state index in [9.17, 15) is 8.78 Å². The molecule has 0 atom stereocenters. The van der Waals surface area contributed by atoms with Gasteiger partial charge in [-0.2, -0.15) is 0 Å². The van der Waals surface area contributed by atoms with Gasteiger partial charge >= 0.3 is 0 Å². The molecule has 4 nitrogen and oxygen atoms in total. The summed E-state index contributed by atoms with van der Waals surface area (Å²) in [6, 6.07) is 9.98. The number of halogens is 2. The van der Waals surface area contributed by atoms with Gasteiger partial charge in [-0.15, -0.1) is 0 Å². The lowest BCUT2D eigenvalue weighted by atomic mass is 10.1. The number of rotatable bonds is 4. The summed E-state index contributed by atoms with van der Waals surface area (Å²) < 4.78 is 37.6. The summed E-state index contributed by atoms with van der Waals surface area (Å²) in [5, 5.41) is 0. The number of ether oxygens (including phenoxy) is 2. The zero-order valence-corrected chi connectivity index (χ0v) is 14.0. The predicted octanol–water partition coefficient (Wildman–Crippen LogP) is 0.177. The maximum absolute atomic E-state index is 13.8. The van der Waals surface area contributed by atoms with Crippen LogP contribution in [0.2, 0.25) is 0 Å². The third-order valence-corrected chi connectivity index (χ3v) is 5.01. The van der Waals surface area contributed by atoms with Gasteiger partial charge in [-0.05, 0) is 30.3 Å². The van der Waals surface area contributed by atoms with Crippen LogP contribution in [0, 0.1) is 11.6 Å². The van der Waals surface area contributed by atoms with Crippen molar-refractivity contribution in [1.82, 2.24) is 0 Å². The van der Waals surface area contributed by atoms with Crippen LogP contribution in [-0.4, -0.2) is 33.0 Å². The smallest absolute Gasteiger partial charge is 0.231 e. The molecule has 2 aromatic rings. The van der Waals surface area contributed by atoms with E-state index >= 15 is 0 Å². The van der Waals surface area contributed by atoms with Crippen LogP contribution in [0.5, 0.6) is 11.5 Å². The SMILES string of the molecule is Fc1ccc(C[NH+]2CC[NH+](Cc3ccc4c(c3)OCO4)CC2)c(F)c1. The minimum Gasteiger partial charge on any atom is -0.454 e. The largest absolute Gasteiger partial charge is 0.454 e. The van der Waals surface area contributed by atoms with Crippen molar-refractivity contribution in [1.29, 1.82) is 0 Å². The van der Waals surface area contributed by atoms with Gasteiger partial charge in [-0.25, -0.2) is 8.78 Å². The lowest BCUT2D eigenvalue weighted by Gasteiger charge is -2.30. The molecule has 1 saturated heterocycles. The van der Waals surface area contributed by atoms with Gasteiger partial charge < -0.3 is 19.3 Å². The highest BCUT2D eigenvalue weighted by Gasteiger charge is 2.24. The van der Waals surface area contributed by atoms with Crippen LogP contribution in [0.25, 0.3) is 0 Å². The van der Waals surface area contributed by atoms with Crippen molar-refractivity contribution < 1.29 is 28.1 Å². The van der Waals surface area contributed by atoms with Gasteiger partial charge in [-0.1, -0.05) is 0 Å². The molecule has 25 heavy (non-hydrogen) atoms. The molecule has 132 valence electrons. The molecule has 2 N–H and O–H groups in total. The highest BCUT2D eigenvalue weighted by molar-refractivity contribution is 5.44. The van der Waals surface area contributed by atoms with E-state index in [1.165, 1.54) is 21.4 Å². The molecule has 0 bridgehead atoms. The molecule has 2 aromatic carbocycles. The van der Waals surface area contributed by atoms with E-state index in [0.29, 0.717) is 18.9 Å². The Kier molecular flexibility index (Phi) is 4.55. The van der Waals surface area contributed by atoms with Crippen LogP contribution < -0.4 is 19.3 Å². The first-order valence-electron chi connectivity index (χ1n) is 8.67. The van der Waals surface area contributed by atoms with Crippen LogP contribution in [0.15, 0.2) is 36.4 Å². The third-order valence-electron chi connectivity index (χ3n) is 5.01. The van der Waals surface area contributed by atoms with Crippen molar-refractivity contribution in [2.75, 3.05) is 33.0 Å². The predicted molar refractivity (Wildman–Crippen MR) is 87.7 cm³/mol. The molecule has 0 saturated carbocycles. The molecular formula is C19H22F2N2O2+2. The molecule has 0 aliphatic carbocycles. The molecule has 0 aromatic heterocycles. The topological polar surface area (TPSA) is 27.3 Å². The highest BCUT2D eigenvalue weighted by Crippen LogP contribution is 2.32. The van der Waals surface area contributed by atoms with Gasteiger partial charge in [0.2, 0.25) is 6.79 Å². The number of benzene rings is 2. The number of quaternary nitrogens is 2. The van der Waals surface area contributed by atoms with E-state index < -0.39 is 11.6 Å². The van der Waals surface area contributed by atoms with Crippen LogP contribution in [0.4, 0.5) is 8.78 Å². The number of hydrogen-bond acceptors (Lipinski definition) is 2. The molecular weight excluding hydrogens is 326 g/mol. The van der Waals surface area contributed by atoms with Crippen molar-refractivity contribution in [2.45, 2.75) is 13.1 Å². The molecule has 1 fully saturated rings. The molecule has 4 rings (SSSR count). The van der Waals surface area contributed by atoms with E-state index in [0.717, 1.165) is 50.3 Å². The van der Waals surface area contributed by atoms with Crippen LogP contribution in [-0.2, 0) is 13.1 Å². The van der Waals surface area contributed by atoms with E-state index in [-0.39, 0.29) is 0 Å². The maximum atomic E-state index is 13.8. The van der Waals surface area contributed by atoms with Crippen molar-refractivity contribution in [3.63, 3.8) is 0 Å². The maximum Gasteiger partial charge on any atom is 0.231 e. The summed E-state index contributed by atoms with van der Waals surface area (Å²) in [7, 11) is 0. The first-order valence-corrected chi connectivity index (χ1v) is 8.67. The molecule has 6 heteroatoms. The minimum absolute atomic E-state index is 0.299. The number of piperazine rings is 1. The average molecular weight is 348 g/mol. The van der Waals surface area contributed by atoms with Crippen LogP contribution in [0.3, 0.4) is 0 Å². The van der Waals surface area contributed by atoms with E-state index in [1.807, 2.05) is 6.07 Å². The van der Waals surface area contributed by atoms with E-state index in [1.54, 1.807) is 6.07 Å². The number of hydrogen-bond donors (Lipinski definition) is 2. The zero-order chi connectivity index (χ0) is 17.2. The Morgan fingerprint density at radius 2 is 1.52 bits per heavy atom. The van der Waals surface area contributed by atoms with Crippen molar-refractivity contribution in [3.05, 3.63) is 59.2 Å². The van der Waals surface area contributed by atoms with Gasteiger partial charge in [0, 0.05) is 17.2 Å². The molecule has 0 amide bonds. The first kappa shape index (κ1) is 16.3. The molecule has 0 radical (unpaired) electrons. The normalized spacial score (nSPS) is 22.2. The van der Waals surface area contributed by atoms with E-state index in [4.69, 9.17) is 9.47 Å². The van der Waals surface area contributed by atoms with Gasteiger partial charge in [0.05, 0.1) is 0 Å². The standard InChI is InChI=1S/C19H20F2N2O2/c20-16-3-2-15(17(21)10-16)12-23-7-5-22(6-8-23)11-14-1-4-18-19(9-14)25-13-24-18/h1-4,9-10H,5-8,11-13H2/p+2. The average Bonchev–Trinajstić information content (AvgIpc) is 3.07. The van der Waals surface area contributed by atoms with Gasteiger partial charge in [0.25, 0.3) is 0 Å². The quantitative estimate of drug-likeness (QED) is 0.825. The Labute approximate surface area is 145 Å². The second kappa shape index (κ2) is 6.98. The fourth-order valence-electron chi connectivity index (χ4n) is 3.58. The molecule has 2 aliphatic rings. The lowest BCUT2D eigenvalue weighted by molar-refractivity contribution is -1.02. The van der Waals surface area contributed by atoms with Gasteiger partial charge in [0.15, 0.2) is 11.5 Å². The summed E-state index contributed by atoms with van der Waals surface area (Å²) in [6.45, 7) is 5.90. The minimum atomic E-state index is -0.519. The Bertz CT molecular complexity index is 761. The van der Waals surface area contributed by atoms with E-state index in [2.05, 4.69) is 12.1 Å². The fourth-order valence-corrected chi connectivity index (χ4v) is 3.58. The van der Waals surface area contributed by atoms with Crippen LogP contribution in [0.1, 0.15) is 11.1 Å². The summed E-state index contributed by atoms with van der Waals surface area (Å²) in [5.74, 6) is 0.680. The second-order valence-electron chi connectivity index (χ2n) is 6.78. The number of fused-ring (bicyclic) bond motifs is 1. The molecule has 2 heterocycles. The lowest BCUT2D eigenvalue weighted by Crippen LogP contribution is -3.27. The van der Waals surface area contributed by atoms with Crippen LogP contribution >= 0.6 is 0 Å². The zero-order valence-electron chi connectivity index (χ0n) is 14.0. The summed E-state index contributed by atoms with van der Waals surface area (Å²) >= 11 is 0. The molecule has 0 unspecified atom stereocenters. The summed E-state index contributed by atoms with van der Waals surface area (Å²) in [4.78, 5) is 2.86. The highest BCUT2D eigenvalue weighted by atomic mass is 19.1. The Balaban J connectivity index is 1.31. The van der Waals surface area contributed by atoms with Gasteiger partial charge in [0.1, 0.15) is 50.9 Å². The monoisotopic (exact) mass is 348 g/mol. The number of nitrogens with one attached hydrogen (secondary N) is 2. The Morgan fingerprint density at radius 3 is 2.28 bits per heavy atom. The van der Waals surface area contributed by atoms with Crippen molar-refractivity contribution >= 4 is 0 Å². The first-order chi connectivity index (χ1) is 12.2. The Hall–Kier alpha value is -2.18. The van der Waals surface area contributed by atoms with Crippen molar-refractivity contribution in [3.8, 4) is 11.5 Å².